The first-order valence-corrected chi connectivity index (χ1v) is 11.8. The molecule has 33 heavy (non-hydrogen) atoms. The molecule has 7 heteroatoms. The van der Waals surface area contributed by atoms with Crippen molar-refractivity contribution in [3.8, 4) is 11.3 Å². The largest absolute Gasteiger partial charge is 0.368 e. The molecule has 2 aromatic heterocycles. The van der Waals surface area contributed by atoms with Crippen molar-refractivity contribution in [1.29, 1.82) is 0 Å². The van der Waals surface area contributed by atoms with Crippen molar-refractivity contribution in [2.24, 2.45) is 11.3 Å². The van der Waals surface area contributed by atoms with Gasteiger partial charge in [-0.05, 0) is 35.6 Å². The quantitative estimate of drug-likeness (QED) is 0.636. The number of nitrogens with zero attached hydrogens (tertiary/aromatic N) is 4. The van der Waals surface area contributed by atoms with Crippen molar-refractivity contribution >= 4 is 22.8 Å². The summed E-state index contributed by atoms with van der Waals surface area (Å²) in [6, 6.07) is 12.3. The van der Waals surface area contributed by atoms with Crippen molar-refractivity contribution < 1.29 is 4.79 Å². The first-order chi connectivity index (χ1) is 15.6. The summed E-state index contributed by atoms with van der Waals surface area (Å²) in [4.78, 5) is 36.8. The molecule has 1 aliphatic rings. The molecule has 0 bridgehead atoms. The van der Waals surface area contributed by atoms with E-state index in [1.54, 1.807) is 4.57 Å². The van der Waals surface area contributed by atoms with Gasteiger partial charge in [-0.25, -0.2) is 9.78 Å². The molecule has 1 aromatic carbocycles. The molecule has 7 nitrogen and oxygen atoms in total. The predicted molar refractivity (Wildman–Crippen MR) is 133 cm³/mol. The summed E-state index contributed by atoms with van der Waals surface area (Å²) in [5.74, 6) is 0.639. The molecule has 1 amide bonds. The Hall–Kier alpha value is -3.09. The monoisotopic (exact) mass is 449 g/mol. The number of benzene rings is 1. The zero-order chi connectivity index (χ0) is 23.8. The summed E-state index contributed by atoms with van der Waals surface area (Å²) in [5, 5.41) is 0. The van der Waals surface area contributed by atoms with Crippen LogP contribution in [0.3, 0.4) is 0 Å². The molecule has 0 saturated carbocycles. The van der Waals surface area contributed by atoms with E-state index < -0.39 is 0 Å². The van der Waals surface area contributed by atoms with Crippen LogP contribution in [0.15, 0.2) is 41.2 Å². The highest BCUT2D eigenvalue weighted by Crippen LogP contribution is 2.26. The van der Waals surface area contributed by atoms with Crippen LogP contribution in [0.1, 0.15) is 41.0 Å². The third kappa shape index (κ3) is 5.29. The fourth-order valence-corrected chi connectivity index (χ4v) is 4.39. The van der Waals surface area contributed by atoms with Crippen molar-refractivity contribution in [1.82, 2.24) is 19.4 Å². The zero-order valence-corrected chi connectivity index (χ0v) is 20.4. The van der Waals surface area contributed by atoms with Crippen molar-refractivity contribution in [3.05, 3.63) is 46.9 Å². The van der Waals surface area contributed by atoms with E-state index in [4.69, 9.17) is 4.98 Å². The first-order valence-electron chi connectivity index (χ1n) is 11.8. The lowest BCUT2D eigenvalue weighted by Gasteiger charge is -2.36. The number of piperazine rings is 1. The molecule has 0 radical (unpaired) electrons. The summed E-state index contributed by atoms with van der Waals surface area (Å²) in [6.07, 6.45) is 0.614. The zero-order valence-electron chi connectivity index (χ0n) is 20.4. The number of fused-ring (bicyclic) bond motifs is 1. The Balaban J connectivity index is 1.52. The maximum Gasteiger partial charge on any atom is 0.327 e. The number of nitrogens with one attached hydrogen (secondary N) is 1. The van der Waals surface area contributed by atoms with Crippen molar-refractivity contribution in [2.75, 3.05) is 31.1 Å². The van der Waals surface area contributed by atoms with Gasteiger partial charge < -0.3 is 9.80 Å². The summed E-state index contributed by atoms with van der Waals surface area (Å²) in [6.45, 7) is 14.3. The van der Waals surface area contributed by atoms with E-state index in [2.05, 4.69) is 56.6 Å². The minimum absolute atomic E-state index is 0.00459. The van der Waals surface area contributed by atoms with Crippen LogP contribution in [0.5, 0.6) is 0 Å². The molecule has 1 fully saturated rings. The molecule has 176 valence electrons. The smallest absolute Gasteiger partial charge is 0.327 e. The number of imidazole rings is 1. The van der Waals surface area contributed by atoms with Crippen LogP contribution in [0.4, 0.5) is 5.69 Å². The van der Waals surface area contributed by atoms with Gasteiger partial charge in [-0.15, -0.1) is 0 Å². The number of hydrogen-bond acceptors (Lipinski definition) is 4. The Morgan fingerprint density at radius 3 is 2.48 bits per heavy atom. The third-order valence-corrected chi connectivity index (χ3v) is 5.99. The van der Waals surface area contributed by atoms with E-state index in [0.29, 0.717) is 24.5 Å². The molecular formula is C26H35N5O2. The summed E-state index contributed by atoms with van der Waals surface area (Å²) in [5.41, 5.74) is 4.29. The van der Waals surface area contributed by atoms with E-state index in [9.17, 15) is 9.59 Å². The fraction of sp³-hybridized carbons (Fsp3) is 0.500. The van der Waals surface area contributed by atoms with Gasteiger partial charge in [0.05, 0.1) is 11.2 Å². The number of aromatic amines is 1. The molecule has 0 aliphatic carbocycles. The van der Waals surface area contributed by atoms with E-state index in [0.717, 1.165) is 48.6 Å². The molecule has 1 saturated heterocycles. The van der Waals surface area contributed by atoms with E-state index in [-0.39, 0.29) is 17.0 Å². The average Bonchev–Trinajstić information content (AvgIpc) is 3.06. The predicted octanol–water partition coefficient (Wildman–Crippen LogP) is 4.13. The number of hydrogen-bond donors (Lipinski definition) is 1. The van der Waals surface area contributed by atoms with Crippen molar-refractivity contribution in [2.45, 2.75) is 47.6 Å². The number of pyridine rings is 1. The Morgan fingerprint density at radius 2 is 1.82 bits per heavy atom. The second-order valence-corrected chi connectivity index (χ2v) is 10.7. The average molecular weight is 450 g/mol. The highest BCUT2D eigenvalue weighted by atomic mass is 16.2. The van der Waals surface area contributed by atoms with Gasteiger partial charge in [-0.3, -0.25) is 14.3 Å². The molecule has 1 aliphatic heterocycles. The maximum absolute atomic E-state index is 12.5. The van der Waals surface area contributed by atoms with Gasteiger partial charge >= 0.3 is 5.69 Å². The minimum atomic E-state index is -0.122. The Morgan fingerprint density at radius 1 is 1.09 bits per heavy atom. The first kappa shape index (κ1) is 23.1. The maximum atomic E-state index is 12.5. The number of aromatic nitrogens is 3. The van der Waals surface area contributed by atoms with Crippen molar-refractivity contribution in [3.63, 3.8) is 0 Å². The molecule has 3 aromatic rings. The lowest BCUT2D eigenvalue weighted by atomic mass is 9.97. The molecule has 1 N–H and O–H groups in total. The van der Waals surface area contributed by atoms with Crippen LogP contribution in [0.25, 0.3) is 22.4 Å². The van der Waals surface area contributed by atoms with Crippen LogP contribution in [0.2, 0.25) is 0 Å². The van der Waals surface area contributed by atoms with E-state index in [1.807, 2.05) is 29.2 Å². The molecule has 0 spiro atoms. The number of H-pyrrole nitrogens is 1. The topological polar surface area (TPSA) is 74.2 Å². The highest BCUT2D eigenvalue weighted by Gasteiger charge is 2.22. The van der Waals surface area contributed by atoms with Crippen LogP contribution in [-0.2, 0) is 11.3 Å². The molecule has 3 heterocycles. The SMILES string of the molecule is CC(C)CC(=O)N1CCN(c2cccc(-c3ccc4c(n3)[nH]c(=O)n4CC(C)(C)C)c2)CC1. The fourth-order valence-electron chi connectivity index (χ4n) is 4.39. The van der Waals surface area contributed by atoms with Gasteiger partial charge in [0.1, 0.15) is 0 Å². The van der Waals surface area contributed by atoms with Gasteiger partial charge in [-0.1, -0.05) is 46.8 Å². The van der Waals surface area contributed by atoms with Gasteiger partial charge in [0, 0.05) is 50.4 Å². The van der Waals surface area contributed by atoms with Gasteiger partial charge in [0.15, 0.2) is 5.65 Å². The summed E-state index contributed by atoms with van der Waals surface area (Å²) in [7, 11) is 0. The number of anilines is 1. The number of amides is 1. The van der Waals surface area contributed by atoms with Crippen LogP contribution < -0.4 is 10.6 Å². The molecule has 0 unspecified atom stereocenters. The standard InChI is InChI=1S/C26H35N5O2/c1-18(2)15-23(32)30-13-11-29(12-14-30)20-8-6-7-19(16-20)21-9-10-22-24(27-21)28-25(33)31(22)17-26(3,4)5/h6-10,16,18H,11-15,17H2,1-5H3,(H,27,28,33). The van der Waals surface area contributed by atoms with Crippen LogP contribution in [0, 0.1) is 11.3 Å². The van der Waals surface area contributed by atoms with Crippen LogP contribution in [-0.4, -0.2) is 51.5 Å². The van der Waals surface area contributed by atoms with Gasteiger partial charge in [-0.2, -0.15) is 0 Å². The summed E-state index contributed by atoms with van der Waals surface area (Å²) >= 11 is 0. The number of carbonyl (C=O) groups excluding carboxylic acids is 1. The Kier molecular flexibility index (Phi) is 6.32. The second kappa shape index (κ2) is 9.04. The van der Waals surface area contributed by atoms with E-state index in [1.165, 1.54) is 0 Å². The highest BCUT2D eigenvalue weighted by molar-refractivity contribution is 5.78. The third-order valence-electron chi connectivity index (χ3n) is 5.99. The Bertz CT molecular complexity index is 1190. The minimum Gasteiger partial charge on any atom is -0.368 e. The summed E-state index contributed by atoms with van der Waals surface area (Å²) < 4.78 is 1.77. The Labute approximate surface area is 195 Å². The lowest BCUT2D eigenvalue weighted by Crippen LogP contribution is -2.49. The number of carbonyl (C=O) groups is 1. The molecule has 4 rings (SSSR count). The normalized spacial score (nSPS) is 15.0. The molecule has 0 atom stereocenters. The van der Waals surface area contributed by atoms with Gasteiger partial charge in [0.2, 0.25) is 5.91 Å². The van der Waals surface area contributed by atoms with Gasteiger partial charge in [0.25, 0.3) is 0 Å². The second-order valence-electron chi connectivity index (χ2n) is 10.7. The number of rotatable bonds is 5. The lowest BCUT2D eigenvalue weighted by molar-refractivity contribution is -0.132. The molecular weight excluding hydrogens is 414 g/mol. The van der Waals surface area contributed by atoms with Crippen LogP contribution >= 0.6 is 0 Å². The van der Waals surface area contributed by atoms with E-state index >= 15 is 0 Å².